The van der Waals surface area contributed by atoms with E-state index in [0.717, 1.165) is 46.9 Å². The van der Waals surface area contributed by atoms with Gasteiger partial charge in [0.15, 0.2) is 0 Å². The summed E-state index contributed by atoms with van der Waals surface area (Å²) >= 11 is 12.1. The Morgan fingerprint density at radius 3 is 2.62 bits per heavy atom. The van der Waals surface area contributed by atoms with E-state index in [1.54, 1.807) is 0 Å². The lowest BCUT2D eigenvalue weighted by Crippen LogP contribution is -1.96. The molecule has 0 saturated carbocycles. The molecule has 112 valence electrons. The third kappa shape index (κ3) is 4.36. The number of benzene rings is 1. The third-order valence-electron chi connectivity index (χ3n) is 3.20. The van der Waals surface area contributed by atoms with Gasteiger partial charge in [-0.15, -0.1) is 11.6 Å². The molecule has 0 fully saturated rings. The van der Waals surface area contributed by atoms with Crippen molar-refractivity contribution in [1.29, 1.82) is 0 Å². The summed E-state index contributed by atoms with van der Waals surface area (Å²) in [5, 5.41) is 0.763. The van der Waals surface area contributed by atoms with E-state index in [0.29, 0.717) is 11.8 Å². The molecule has 2 aromatic rings. The Morgan fingerprint density at radius 1 is 1.14 bits per heavy atom. The molecule has 21 heavy (non-hydrogen) atoms. The van der Waals surface area contributed by atoms with Crippen LogP contribution < -0.4 is 4.74 Å². The van der Waals surface area contributed by atoms with Crippen LogP contribution in [-0.4, -0.2) is 4.98 Å². The first-order chi connectivity index (χ1) is 10.2. The summed E-state index contributed by atoms with van der Waals surface area (Å²) in [5.41, 5.74) is 3.10. The van der Waals surface area contributed by atoms with Crippen LogP contribution in [-0.2, 0) is 18.7 Å². The van der Waals surface area contributed by atoms with Crippen molar-refractivity contribution < 1.29 is 4.74 Å². The summed E-state index contributed by atoms with van der Waals surface area (Å²) in [7, 11) is 0. The van der Waals surface area contributed by atoms with Crippen molar-refractivity contribution in [2.75, 3.05) is 0 Å². The van der Waals surface area contributed by atoms with Crippen LogP contribution in [0.2, 0.25) is 5.02 Å². The molecule has 0 radical (unpaired) electrons. The zero-order valence-corrected chi connectivity index (χ0v) is 13.8. The van der Waals surface area contributed by atoms with Gasteiger partial charge in [0.2, 0.25) is 5.88 Å². The second-order valence-electron chi connectivity index (χ2n) is 4.90. The van der Waals surface area contributed by atoms with Crippen LogP contribution in [0, 0.1) is 0 Å². The molecule has 0 aliphatic rings. The number of aromatic nitrogens is 1. The molecule has 0 spiro atoms. The summed E-state index contributed by atoms with van der Waals surface area (Å²) in [6, 6.07) is 9.58. The zero-order valence-electron chi connectivity index (χ0n) is 12.3. The lowest BCUT2D eigenvalue weighted by atomic mass is 10.1. The van der Waals surface area contributed by atoms with Crippen LogP contribution in [0.15, 0.2) is 30.3 Å². The maximum atomic E-state index is 6.12. The maximum Gasteiger partial charge on any atom is 0.219 e. The molecule has 0 bridgehead atoms. The molecule has 0 saturated heterocycles. The van der Waals surface area contributed by atoms with Gasteiger partial charge in [0.25, 0.3) is 0 Å². The van der Waals surface area contributed by atoms with E-state index >= 15 is 0 Å². The van der Waals surface area contributed by atoms with E-state index in [1.807, 2.05) is 30.3 Å². The number of aryl methyl sites for hydroxylation is 2. The van der Waals surface area contributed by atoms with Crippen LogP contribution >= 0.6 is 23.2 Å². The quantitative estimate of drug-likeness (QED) is 0.628. The Hall–Kier alpha value is -1.25. The Kier molecular flexibility index (Phi) is 5.89. The standard InChI is InChI=1S/C17H19Cl2NO/c1-3-5-14-8-12(11-18)9-17(20-14)21-15-6-7-16(19)13(4-2)10-15/h6-10H,3-5,11H2,1-2H3. The molecule has 1 heterocycles. The predicted molar refractivity (Wildman–Crippen MR) is 88.7 cm³/mol. The zero-order chi connectivity index (χ0) is 15.2. The Bertz CT molecular complexity index is 614. The van der Waals surface area contributed by atoms with Crippen molar-refractivity contribution in [2.45, 2.75) is 39.0 Å². The number of hydrogen-bond donors (Lipinski definition) is 0. The fraction of sp³-hybridized carbons (Fsp3) is 0.353. The van der Waals surface area contributed by atoms with Gasteiger partial charge in [0.1, 0.15) is 5.75 Å². The summed E-state index contributed by atoms with van der Waals surface area (Å²) in [6.45, 7) is 4.19. The third-order valence-corrected chi connectivity index (χ3v) is 3.87. The normalized spacial score (nSPS) is 10.7. The number of nitrogens with zero attached hydrogens (tertiary/aromatic N) is 1. The highest BCUT2D eigenvalue weighted by Crippen LogP contribution is 2.27. The lowest BCUT2D eigenvalue weighted by Gasteiger charge is -2.10. The molecular formula is C17H19Cl2NO. The molecule has 2 nitrogen and oxygen atoms in total. The van der Waals surface area contributed by atoms with E-state index in [4.69, 9.17) is 27.9 Å². The Morgan fingerprint density at radius 2 is 1.95 bits per heavy atom. The van der Waals surface area contributed by atoms with Crippen molar-refractivity contribution in [3.05, 3.63) is 52.2 Å². The number of alkyl halides is 1. The second kappa shape index (κ2) is 7.67. The molecule has 0 aliphatic carbocycles. The van der Waals surface area contributed by atoms with Gasteiger partial charge in [-0.25, -0.2) is 4.98 Å². The van der Waals surface area contributed by atoms with Crippen LogP contribution in [0.25, 0.3) is 0 Å². The smallest absolute Gasteiger partial charge is 0.219 e. The first kappa shape index (κ1) is 16.1. The van der Waals surface area contributed by atoms with E-state index in [-0.39, 0.29) is 0 Å². The van der Waals surface area contributed by atoms with Crippen LogP contribution in [0.1, 0.15) is 37.1 Å². The average molecular weight is 324 g/mol. The summed E-state index contributed by atoms with van der Waals surface area (Å²) in [4.78, 5) is 4.53. The first-order valence-electron chi connectivity index (χ1n) is 7.18. The number of ether oxygens (including phenoxy) is 1. The molecule has 0 N–H and O–H groups in total. The van der Waals surface area contributed by atoms with E-state index in [2.05, 4.69) is 18.8 Å². The molecule has 1 aromatic carbocycles. The highest BCUT2D eigenvalue weighted by atomic mass is 35.5. The van der Waals surface area contributed by atoms with Gasteiger partial charge in [0, 0.05) is 22.7 Å². The minimum Gasteiger partial charge on any atom is -0.439 e. The Labute approximate surface area is 136 Å². The number of hydrogen-bond acceptors (Lipinski definition) is 2. The lowest BCUT2D eigenvalue weighted by molar-refractivity contribution is 0.459. The summed E-state index contributed by atoms with van der Waals surface area (Å²) in [6.07, 6.45) is 2.83. The van der Waals surface area contributed by atoms with Crippen LogP contribution in [0.3, 0.4) is 0 Å². The average Bonchev–Trinajstić information content (AvgIpc) is 2.49. The topological polar surface area (TPSA) is 22.1 Å². The highest BCUT2D eigenvalue weighted by Gasteiger charge is 2.06. The number of halogens is 2. The van der Waals surface area contributed by atoms with E-state index in [9.17, 15) is 0 Å². The molecule has 0 unspecified atom stereocenters. The molecule has 1 aromatic heterocycles. The van der Waals surface area contributed by atoms with Gasteiger partial charge in [0.05, 0.1) is 0 Å². The van der Waals surface area contributed by atoms with Gasteiger partial charge in [-0.05, 0) is 48.2 Å². The minimum absolute atomic E-state index is 0.455. The van der Waals surface area contributed by atoms with Crippen molar-refractivity contribution in [3.63, 3.8) is 0 Å². The van der Waals surface area contributed by atoms with E-state index in [1.165, 1.54) is 0 Å². The molecular weight excluding hydrogens is 305 g/mol. The monoisotopic (exact) mass is 323 g/mol. The van der Waals surface area contributed by atoms with Crippen molar-refractivity contribution in [3.8, 4) is 11.6 Å². The van der Waals surface area contributed by atoms with Gasteiger partial charge < -0.3 is 4.74 Å². The Balaban J connectivity index is 2.27. The molecule has 0 amide bonds. The van der Waals surface area contributed by atoms with Gasteiger partial charge in [-0.2, -0.15) is 0 Å². The second-order valence-corrected chi connectivity index (χ2v) is 5.57. The predicted octanol–water partition coefficient (Wildman–Crippen LogP) is 5.78. The minimum atomic E-state index is 0.455. The number of rotatable bonds is 6. The first-order valence-corrected chi connectivity index (χ1v) is 8.09. The number of pyridine rings is 1. The highest BCUT2D eigenvalue weighted by molar-refractivity contribution is 6.31. The van der Waals surface area contributed by atoms with Gasteiger partial charge >= 0.3 is 0 Å². The summed E-state index contributed by atoms with van der Waals surface area (Å²) < 4.78 is 5.88. The van der Waals surface area contributed by atoms with Gasteiger partial charge in [-0.1, -0.05) is 31.9 Å². The fourth-order valence-corrected chi connectivity index (χ4v) is 2.55. The van der Waals surface area contributed by atoms with Crippen molar-refractivity contribution in [1.82, 2.24) is 4.98 Å². The van der Waals surface area contributed by atoms with Gasteiger partial charge in [-0.3, -0.25) is 0 Å². The van der Waals surface area contributed by atoms with Crippen molar-refractivity contribution in [2.24, 2.45) is 0 Å². The molecule has 0 atom stereocenters. The maximum absolute atomic E-state index is 6.12. The van der Waals surface area contributed by atoms with Crippen LogP contribution in [0.4, 0.5) is 0 Å². The van der Waals surface area contributed by atoms with E-state index < -0.39 is 0 Å². The molecule has 4 heteroatoms. The van der Waals surface area contributed by atoms with Crippen LogP contribution in [0.5, 0.6) is 11.6 Å². The SMILES string of the molecule is CCCc1cc(CCl)cc(Oc2ccc(Cl)c(CC)c2)n1. The largest absolute Gasteiger partial charge is 0.439 e. The summed E-state index contributed by atoms with van der Waals surface area (Å²) in [5.74, 6) is 1.79. The fourth-order valence-electron chi connectivity index (χ4n) is 2.14. The molecule has 0 aliphatic heterocycles. The van der Waals surface area contributed by atoms with Crippen molar-refractivity contribution >= 4 is 23.2 Å². The molecule has 2 rings (SSSR count).